The van der Waals surface area contributed by atoms with E-state index in [2.05, 4.69) is 71.5 Å². The van der Waals surface area contributed by atoms with Crippen molar-refractivity contribution in [1.82, 2.24) is 0 Å². The summed E-state index contributed by atoms with van der Waals surface area (Å²) in [7, 11) is 0. The molecule has 0 saturated carbocycles. The van der Waals surface area contributed by atoms with Crippen molar-refractivity contribution in [1.29, 1.82) is 0 Å². The number of nitrogens with zero attached hydrogens (tertiary/aromatic N) is 2. The first-order chi connectivity index (χ1) is 14.7. The molecular formula is C26H26N2S2+2. The zero-order valence-electron chi connectivity index (χ0n) is 17.6. The molecule has 6 rings (SSSR count). The summed E-state index contributed by atoms with van der Waals surface area (Å²) in [6.07, 6.45) is 4.63. The van der Waals surface area contributed by atoms with Crippen LogP contribution in [-0.2, 0) is 13.1 Å². The van der Waals surface area contributed by atoms with E-state index >= 15 is 0 Å². The fraction of sp³-hybridized carbons (Fsp3) is 0.308. The first-order valence-corrected chi connectivity index (χ1v) is 12.5. The van der Waals surface area contributed by atoms with Crippen LogP contribution in [0.5, 0.6) is 0 Å². The van der Waals surface area contributed by atoms with Gasteiger partial charge >= 0.3 is 0 Å². The lowest BCUT2D eigenvalue weighted by molar-refractivity contribution is -0.670. The molecule has 150 valence electrons. The normalized spacial score (nSPS) is 16.5. The number of para-hydroxylation sites is 2. The highest BCUT2D eigenvalue weighted by Crippen LogP contribution is 2.39. The molecule has 0 bridgehead atoms. The summed E-state index contributed by atoms with van der Waals surface area (Å²) in [5, 5.41) is 2.97. The summed E-state index contributed by atoms with van der Waals surface area (Å²) in [5.41, 5.74) is 9.14. The average molecular weight is 431 g/mol. The van der Waals surface area contributed by atoms with Gasteiger partial charge in [-0.25, -0.2) is 0 Å². The van der Waals surface area contributed by atoms with Crippen molar-refractivity contribution in [3.05, 3.63) is 69.7 Å². The molecule has 0 fully saturated rings. The van der Waals surface area contributed by atoms with Crippen molar-refractivity contribution in [2.75, 3.05) is 0 Å². The van der Waals surface area contributed by atoms with E-state index in [4.69, 9.17) is 0 Å². The molecule has 2 aromatic heterocycles. The van der Waals surface area contributed by atoms with Crippen molar-refractivity contribution in [2.24, 2.45) is 0 Å². The van der Waals surface area contributed by atoms with Crippen molar-refractivity contribution >= 4 is 54.3 Å². The van der Waals surface area contributed by atoms with E-state index in [9.17, 15) is 0 Å². The molecule has 0 saturated heterocycles. The van der Waals surface area contributed by atoms with E-state index in [1.54, 1.807) is 22.3 Å². The fourth-order valence-electron chi connectivity index (χ4n) is 5.08. The summed E-state index contributed by atoms with van der Waals surface area (Å²) in [6, 6.07) is 17.8. The maximum absolute atomic E-state index is 2.56. The molecule has 4 heteroatoms. The maximum atomic E-state index is 2.56. The molecule has 2 aliphatic heterocycles. The smallest absolute Gasteiger partial charge is 0.182 e. The van der Waals surface area contributed by atoms with Gasteiger partial charge in [-0.3, -0.25) is 0 Å². The van der Waals surface area contributed by atoms with Crippen LogP contribution in [0.4, 0.5) is 0 Å². The number of hydrogen-bond donors (Lipinski definition) is 0. The zero-order chi connectivity index (χ0) is 20.2. The summed E-state index contributed by atoms with van der Waals surface area (Å²) in [4.78, 5) is 0. The van der Waals surface area contributed by atoms with E-state index in [0.717, 1.165) is 25.9 Å². The molecule has 2 aliphatic rings. The Hall–Kier alpha value is -2.30. The van der Waals surface area contributed by atoms with Crippen LogP contribution in [0.3, 0.4) is 0 Å². The molecule has 0 atom stereocenters. The van der Waals surface area contributed by atoms with E-state index < -0.39 is 0 Å². The monoisotopic (exact) mass is 430 g/mol. The van der Waals surface area contributed by atoms with Crippen LogP contribution in [0.1, 0.15) is 49.5 Å². The van der Waals surface area contributed by atoms with Crippen LogP contribution >= 0.6 is 22.7 Å². The lowest BCUT2D eigenvalue weighted by Crippen LogP contribution is -2.39. The Morgan fingerprint density at radius 1 is 0.667 bits per heavy atom. The molecule has 2 aromatic carbocycles. The van der Waals surface area contributed by atoms with E-state index in [1.165, 1.54) is 43.3 Å². The minimum atomic E-state index is 1.12. The lowest BCUT2D eigenvalue weighted by Gasteiger charge is -2.17. The maximum Gasteiger partial charge on any atom is 0.265 e. The second-order valence-corrected chi connectivity index (χ2v) is 10.6. The van der Waals surface area contributed by atoms with Gasteiger partial charge in [0.1, 0.15) is 9.40 Å². The third-order valence-electron chi connectivity index (χ3n) is 6.81. The molecule has 0 amide bonds. The Balaban J connectivity index is 1.38. The average Bonchev–Trinajstić information content (AvgIpc) is 3.32. The minimum absolute atomic E-state index is 1.12. The Morgan fingerprint density at radius 2 is 1.10 bits per heavy atom. The second kappa shape index (κ2) is 7.14. The highest BCUT2D eigenvalue weighted by Gasteiger charge is 2.32. The van der Waals surface area contributed by atoms with Crippen LogP contribution < -0.4 is 9.13 Å². The summed E-state index contributed by atoms with van der Waals surface area (Å²) < 4.78 is 7.94. The molecule has 0 aliphatic carbocycles. The quantitative estimate of drug-likeness (QED) is 0.327. The van der Waals surface area contributed by atoms with Gasteiger partial charge in [0.2, 0.25) is 11.0 Å². The molecular weight excluding hydrogens is 404 g/mol. The standard InChI is InChI=1S/C26H26N2S2/c1-17-13-15-27-21-7-3-5-9-23(21)29-25(27)19(17)11-12-20-18(2)14-16-28-22-8-4-6-10-24(22)30-26(20)28/h3-10H,11-16H2,1-2H3/q+2. The zero-order valence-corrected chi connectivity index (χ0v) is 19.2. The van der Waals surface area contributed by atoms with Gasteiger partial charge in [-0.2, -0.15) is 9.13 Å². The number of fused-ring (bicyclic) bond motifs is 6. The van der Waals surface area contributed by atoms with Crippen LogP contribution in [0, 0.1) is 0 Å². The highest BCUT2D eigenvalue weighted by atomic mass is 32.1. The van der Waals surface area contributed by atoms with Gasteiger partial charge in [0.25, 0.3) is 10.0 Å². The molecule has 2 nitrogen and oxygen atoms in total. The fourth-order valence-corrected chi connectivity index (χ4v) is 7.75. The molecule has 0 unspecified atom stereocenters. The van der Waals surface area contributed by atoms with Crippen molar-refractivity contribution < 1.29 is 9.13 Å². The van der Waals surface area contributed by atoms with Gasteiger partial charge in [0.15, 0.2) is 13.1 Å². The number of aryl methyl sites for hydroxylation is 2. The lowest BCUT2D eigenvalue weighted by atomic mass is 9.93. The molecule has 0 N–H and O–H groups in total. The number of benzene rings is 2. The molecule has 4 heterocycles. The molecule has 0 spiro atoms. The van der Waals surface area contributed by atoms with Crippen molar-refractivity contribution in [2.45, 2.75) is 52.6 Å². The summed E-state index contributed by atoms with van der Waals surface area (Å²) in [5.74, 6) is 0. The highest BCUT2D eigenvalue weighted by molar-refractivity contribution is 7.19. The third-order valence-corrected chi connectivity index (χ3v) is 9.26. The van der Waals surface area contributed by atoms with Gasteiger partial charge in [-0.15, -0.1) is 0 Å². The van der Waals surface area contributed by atoms with Crippen LogP contribution in [0.2, 0.25) is 0 Å². The Kier molecular flexibility index (Phi) is 4.39. The van der Waals surface area contributed by atoms with Gasteiger partial charge in [0.05, 0.1) is 0 Å². The number of hydrogen-bond acceptors (Lipinski definition) is 2. The van der Waals surface area contributed by atoms with Crippen molar-refractivity contribution in [3.8, 4) is 0 Å². The molecule has 0 radical (unpaired) electrons. The number of rotatable bonds is 3. The third kappa shape index (κ3) is 2.81. The number of aromatic nitrogens is 2. The van der Waals surface area contributed by atoms with Crippen LogP contribution in [0.25, 0.3) is 31.6 Å². The first kappa shape index (κ1) is 18.5. The Labute approximate surface area is 185 Å². The number of allylic oxidation sites excluding steroid dienone is 4. The predicted molar refractivity (Wildman–Crippen MR) is 128 cm³/mol. The van der Waals surface area contributed by atoms with E-state index in [1.807, 2.05) is 22.7 Å². The second-order valence-electron chi connectivity index (χ2n) is 8.57. The topological polar surface area (TPSA) is 7.76 Å². The van der Waals surface area contributed by atoms with Gasteiger partial charge in [-0.1, -0.05) is 58.1 Å². The Morgan fingerprint density at radius 3 is 1.57 bits per heavy atom. The minimum Gasteiger partial charge on any atom is -0.182 e. The van der Waals surface area contributed by atoms with E-state index in [-0.39, 0.29) is 0 Å². The van der Waals surface area contributed by atoms with Gasteiger partial charge < -0.3 is 0 Å². The molecule has 30 heavy (non-hydrogen) atoms. The van der Waals surface area contributed by atoms with E-state index in [0.29, 0.717) is 0 Å². The largest absolute Gasteiger partial charge is 0.265 e. The van der Waals surface area contributed by atoms with Crippen LogP contribution in [-0.4, -0.2) is 0 Å². The SMILES string of the molecule is CC1=C(CCC2=C(C)CC[n+]3c2sc2ccccc23)c2sc3ccccc3[n+]2CC1. The van der Waals surface area contributed by atoms with Crippen LogP contribution in [0.15, 0.2) is 59.7 Å². The van der Waals surface area contributed by atoms with Gasteiger partial charge in [0, 0.05) is 36.1 Å². The summed E-state index contributed by atoms with van der Waals surface area (Å²) in [6.45, 7) is 6.94. The summed E-state index contributed by atoms with van der Waals surface area (Å²) >= 11 is 3.95. The molecule has 4 aromatic rings. The van der Waals surface area contributed by atoms with Gasteiger partial charge in [-0.05, 0) is 38.8 Å². The Bertz CT molecular complexity index is 1260. The predicted octanol–water partition coefficient (Wildman–Crippen LogP) is 6.53. The van der Waals surface area contributed by atoms with Crippen molar-refractivity contribution in [3.63, 3.8) is 0 Å². The first-order valence-electron chi connectivity index (χ1n) is 10.9. The number of thiazole rings is 2.